The van der Waals surface area contributed by atoms with E-state index in [9.17, 15) is 28.7 Å². The molecule has 3 N–H and O–H groups in total. The first kappa shape index (κ1) is 33.3. The van der Waals surface area contributed by atoms with Crippen molar-refractivity contribution in [2.45, 2.75) is 38.4 Å². The predicted octanol–water partition coefficient (Wildman–Crippen LogP) is 5.03. The van der Waals surface area contributed by atoms with Crippen LogP contribution in [0.25, 0.3) is 0 Å². The lowest BCUT2D eigenvalue weighted by molar-refractivity contribution is -0.137. The first-order chi connectivity index (χ1) is 23.0. The number of carbonyl (C=O) groups is 4. The lowest BCUT2D eigenvalue weighted by Crippen LogP contribution is -2.58. The summed E-state index contributed by atoms with van der Waals surface area (Å²) >= 11 is 0. The van der Waals surface area contributed by atoms with Gasteiger partial charge in [0.15, 0.2) is 0 Å². The molecule has 0 aliphatic carbocycles. The van der Waals surface area contributed by atoms with Crippen LogP contribution in [0.5, 0.6) is 0 Å². The highest BCUT2D eigenvalue weighted by Crippen LogP contribution is 2.33. The average molecular weight is 649 g/mol. The summed E-state index contributed by atoms with van der Waals surface area (Å²) in [5.41, 5.74) is 2.84. The minimum absolute atomic E-state index is 0.159. The van der Waals surface area contributed by atoms with Crippen molar-refractivity contribution >= 4 is 35.1 Å². The Morgan fingerprint density at radius 3 is 2.21 bits per heavy atom. The van der Waals surface area contributed by atoms with Crippen LogP contribution >= 0.6 is 0 Å². The number of carboxylic acid groups (broad SMARTS) is 1. The van der Waals surface area contributed by atoms with Crippen LogP contribution < -0.4 is 15.5 Å². The largest absolute Gasteiger partial charge is 0.481 e. The van der Waals surface area contributed by atoms with E-state index < -0.39 is 36.1 Å². The van der Waals surface area contributed by atoms with Crippen LogP contribution in [0.15, 0.2) is 91.3 Å². The summed E-state index contributed by atoms with van der Waals surface area (Å²) in [4.78, 5) is 59.6. The maximum absolute atomic E-state index is 13.5. The molecule has 3 unspecified atom stereocenters. The lowest BCUT2D eigenvalue weighted by atomic mass is 10.0. The summed E-state index contributed by atoms with van der Waals surface area (Å²) in [5, 5.41) is 24.2. The van der Waals surface area contributed by atoms with E-state index in [1.807, 2.05) is 13.8 Å². The number of nitrogens with zero attached hydrogens (tertiary/aromatic N) is 4. The van der Waals surface area contributed by atoms with Crippen LogP contribution in [0.4, 0.5) is 15.8 Å². The molecule has 1 aliphatic heterocycles. The average Bonchev–Trinajstić information content (AvgIpc) is 3.09. The maximum atomic E-state index is 13.5. The third kappa shape index (κ3) is 7.64. The topological polar surface area (TPSA) is 156 Å². The Hall–Kier alpha value is -6.09. The van der Waals surface area contributed by atoms with Gasteiger partial charge in [0.2, 0.25) is 0 Å². The summed E-state index contributed by atoms with van der Waals surface area (Å²) in [6.45, 7) is 4.67. The monoisotopic (exact) mass is 648 g/mol. The Morgan fingerprint density at radius 2 is 1.56 bits per heavy atom. The summed E-state index contributed by atoms with van der Waals surface area (Å²) in [6.07, 6.45) is 2.55. The SMILES string of the molecule is CC1CN(c2ccc(C(=O)NC(CC(=O)O)c3ccc(F)cc3)cc2NC(=O)c2ccncc2)C(C)CN1C(=O)c1ccc(C#N)cc1. The Balaban J connectivity index is 1.43. The Morgan fingerprint density at radius 1 is 0.896 bits per heavy atom. The van der Waals surface area contributed by atoms with Crippen LogP contribution in [-0.2, 0) is 4.79 Å². The highest BCUT2D eigenvalue weighted by molar-refractivity contribution is 6.07. The Labute approximate surface area is 276 Å². The third-order valence-electron chi connectivity index (χ3n) is 8.22. The quantitative estimate of drug-likeness (QED) is 0.228. The van der Waals surface area contributed by atoms with E-state index in [1.165, 1.54) is 42.7 Å². The second-order valence-electron chi connectivity index (χ2n) is 11.6. The van der Waals surface area contributed by atoms with Crippen molar-refractivity contribution in [2.75, 3.05) is 23.3 Å². The van der Waals surface area contributed by atoms with Crippen molar-refractivity contribution in [1.82, 2.24) is 15.2 Å². The van der Waals surface area contributed by atoms with Crippen molar-refractivity contribution in [1.29, 1.82) is 5.26 Å². The number of carboxylic acids is 1. The standard InChI is InChI=1S/C36H33FN6O5/c1-22-21-43(36(48)27-5-3-24(19-38)4-6-27)23(2)20-42(22)32-12-9-28(17-31(32)41-34(46)26-13-15-39-16-14-26)35(47)40-30(18-33(44)45)25-7-10-29(37)11-8-25/h3-17,22-23,30H,18,20-21H2,1-2H3,(H,40,47)(H,41,46)(H,44,45). The van der Waals surface area contributed by atoms with E-state index in [0.29, 0.717) is 46.7 Å². The van der Waals surface area contributed by atoms with Gasteiger partial charge in [-0.15, -0.1) is 0 Å². The molecule has 5 rings (SSSR count). The number of pyridine rings is 1. The van der Waals surface area contributed by atoms with Crippen LogP contribution in [0, 0.1) is 17.1 Å². The van der Waals surface area contributed by atoms with Crippen LogP contribution in [0.2, 0.25) is 0 Å². The number of piperazine rings is 1. The van der Waals surface area contributed by atoms with E-state index >= 15 is 0 Å². The van der Waals surface area contributed by atoms with Gasteiger partial charge in [0.1, 0.15) is 5.82 Å². The van der Waals surface area contributed by atoms with E-state index in [4.69, 9.17) is 5.26 Å². The third-order valence-corrected chi connectivity index (χ3v) is 8.22. The van der Waals surface area contributed by atoms with Gasteiger partial charge in [0.05, 0.1) is 35.5 Å². The lowest BCUT2D eigenvalue weighted by Gasteiger charge is -2.46. The fourth-order valence-corrected chi connectivity index (χ4v) is 5.69. The maximum Gasteiger partial charge on any atom is 0.305 e. The highest BCUT2D eigenvalue weighted by atomic mass is 19.1. The molecule has 48 heavy (non-hydrogen) atoms. The number of nitriles is 1. The molecule has 244 valence electrons. The Bertz CT molecular complexity index is 1860. The molecule has 12 heteroatoms. The van der Waals surface area contributed by atoms with Crippen molar-refractivity contribution in [3.05, 3.63) is 125 Å². The van der Waals surface area contributed by atoms with Crippen molar-refractivity contribution < 1.29 is 28.7 Å². The zero-order chi connectivity index (χ0) is 34.4. The molecule has 1 saturated heterocycles. The number of halogens is 1. The molecule has 11 nitrogen and oxygen atoms in total. The van der Waals surface area contributed by atoms with Gasteiger partial charge in [-0.3, -0.25) is 24.2 Å². The molecule has 4 aromatic rings. The molecular formula is C36H33FN6O5. The molecular weight excluding hydrogens is 615 g/mol. The number of aliphatic carboxylic acids is 1. The number of nitrogens with one attached hydrogen (secondary N) is 2. The molecule has 0 spiro atoms. The first-order valence-electron chi connectivity index (χ1n) is 15.3. The number of aromatic nitrogens is 1. The van der Waals surface area contributed by atoms with E-state index in [-0.39, 0.29) is 23.6 Å². The van der Waals surface area contributed by atoms with Crippen molar-refractivity contribution in [2.24, 2.45) is 0 Å². The van der Waals surface area contributed by atoms with Gasteiger partial charge in [0, 0.05) is 54.3 Å². The number of anilines is 2. The van der Waals surface area contributed by atoms with Gasteiger partial charge < -0.3 is 25.5 Å². The van der Waals surface area contributed by atoms with Gasteiger partial charge in [-0.2, -0.15) is 5.26 Å². The number of hydrogen-bond donors (Lipinski definition) is 3. The second kappa shape index (κ2) is 14.6. The minimum atomic E-state index is -1.15. The fourth-order valence-electron chi connectivity index (χ4n) is 5.69. The van der Waals surface area contributed by atoms with Gasteiger partial charge in [0.25, 0.3) is 17.7 Å². The predicted molar refractivity (Wildman–Crippen MR) is 176 cm³/mol. The van der Waals surface area contributed by atoms with Gasteiger partial charge in [-0.25, -0.2) is 4.39 Å². The number of amides is 3. The van der Waals surface area contributed by atoms with Crippen LogP contribution in [0.3, 0.4) is 0 Å². The molecule has 2 heterocycles. The summed E-state index contributed by atoms with van der Waals surface area (Å²) in [5.74, 6) is -2.82. The first-order valence-corrected chi connectivity index (χ1v) is 15.3. The van der Waals surface area contributed by atoms with Crippen molar-refractivity contribution in [3.8, 4) is 6.07 Å². The fraction of sp³-hybridized carbons (Fsp3) is 0.222. The molecule has 3 amide bonds. The van der Waals surface area contributed by atoms with Crippen LogP contribution in [-0.4, -0.2) is 63.9 Å². The molecule has 1 aliphatic rings. The van der Waals surface area contributed by atoms with E-state index in [1.54, 1.807) is 53.4 Å². The Kier molecular flexibility index (Phi) is 10.1. The number of hydrogen-bond acceptors (Lipinski definition) is 7. The summed E-state index contributed by atoms with van der Waals surface area (Å²) in [6, 6.07) is 20.3. The molecule has 0 saturated carbocycles. The van der Waals surface area contributed by atoms with E-state index in [0.717, 1.165) is 0 Å². The normalized spacial score (nSPS) is 16.4. The highest BCUT2D eigenvalue weighted by Gasteiger charge is 2.34. The number of rotatable bonds is 9. The summed E-state index contributed by atoms with van der Waals surface area (Å²) < 4.78 is 13.5. The second-order valence-corrected chi connectivity index (χ2v) is 11.6. The van der Waals surface area contributed by atoms with Crippen molar-refractivity contribution in [3.63, 3.8) is 0 Å². The molecule has 1 fully saturated rings. The van der Waals surface area contributed by atoms with E-state index in [2.05, 4.69) is 26.6 Å². The van der Waals surface area contributed by atoms with Gasteiger partial charge >= 0.3 is 5.97 Å². The number of carbonyl (C=O) groups excluding carboxylic acids is 3. The molecule has 0 bridgehead atoms. The van der Waals surface area contributed by atoms with Crippen LogP contribution in [0.1, 0.15) is 68.5 Å². The number of benzene rings is 3. The van der Waals surface area contributed by atoms with Gasteiger partial charge in [-0.1, -0.05) is 12.1 Å². The molecule has 3 atom stereocenters. The molecule has 3 aromatic carbocycles. The molecule has 1 aromatic heterocycles. The zero-order valence-corrected chi connectivity index (χ0v) is 26.3. The van der Waals surface area contributed by atoms with Gasteiger partial charge in [-0.05, 0) is 86.1 Å². The molecule has 0 radical (unpaired) electrons. The summed E-state index contributed by atoms with van der Waals surface area (Å²) in [7, 11) is 0. The minimum Gasteiger partial charge on any atom is -0.481 e. The smallest absolute Gasteiger partial charge is 0.305 e. The zero-order valence-electron chi connectivity index (χ0n) is 26.3.